The number of rotatable bonds is 13. The summed E-state index contributed by atoms with van der Waals surface area (Å²) in [6.07, 6.45) is 0.819. The first-order valence-corrected chi connectivity index (χ1v) is 12.2. The molecular weight excluding hydrogens is 450 g/mol. The van der Waals surface area contributed by atoms with Crippen LogP contribution in [-0.2, 0) is 20.9 Å². The molecule has 1 rings (SSSR count). The van der Waals surface area contributed by atoms with Crippen molar-refractivity contribution >= 4 is 23.7 Å². The van der Waals surface area contributed by atoms with Crippen LogP contribution in [0.15, 0.2) is 24.3 Å². The van der Waals surface area contributed by atoms with E-state index < -0.39 is 23.8 Å². The smallest absolute Gasteiger partial charge is 0.407 e. The second-order valence-corrected chi connectivity index (χ2v) is 9.80. The van der Waals surface area contributed by atoms with E-state index in [2.05, 4.69) is 16.0 Å². The fourth-order valence-corrected chi connectivity index (χ4v) is 3.18. The van der Waals surface area contributed by atoms with Crippen LogP contribution in [0.5, 0.6) is 0 Å². The molecule has 3 atom stereocenters. The Morgan fingerprint density at radius 2 is 1.66 bits per heavy atom. The maximum Gasteiger partial charge on any atom is 0.407 e. The van der Waals surface area contributed by atoms with E-state index in [1.807, 2.05) is 13.8 Å². The van der Waals surface area contributed by atoms with Gasteiger partial charge in [-0.3, -0.25) is 14.4 Å². The summed E-state index contributed by atoms with van der Waals surface area (Å²) in [6.45, 7) is 11.2. The molecule has 0 saturated heterocycles. The number of aliphatic hydroxyl groups is 1. The summed E-state index contributed by atoms with van der Waals surface area (Å²) in [5.41, 5.74) is 0.631. The molecule has 3 amide bonds. The largest absolute Gasteiger partial charge is 0.444 e. The molecule has 0 fully saturated rings. The Bertz CT molecular complexity index is 848. The number of Topliss-reactive ketones (excluding diaryl/α,β-unsaturated/α-hetero) is 1. The normalized spacial score (nSPS) is 13.8. The van der Waals surface area contributed by atoms with Gasteiger partial charge in [-0.1, -0.05) is 32.4 Å². The number of hydrogen-bond donors (Lipinski definition) is 4. The summed E-state index contributed by atoms with van der Waals surface area (Å²) in [7, 11) is 0. The predicted molar refractivity (Wildman–Crippen MR) is 134 cm³/mol. The van der Waals surface area contributed by atoms with Crippen LogP contribution in [0.2, 0.25) is 0 Å². The molecule has 1 aromatic rings. The molecule has 196 valence electrons. The SMILES string of the molecule is CCC(C)[C@H](NC(=O)c1ccc(CNC(=O)OC(C)(C)C)cc1)C(=O)NCCCCC(O)C(C)=O. The van der Waals surface area contributed by atoms with Crippen molar-refractivity contribution in [1.29, 1.82) is 0 Å². The molecule has 0 bridgehead atoms. The van der Waals surface area contributed by atoms with Gasteiger partial charge >= 0.3 is 6.09 Å². The van der Waals surface area contributed by atoms with E-state index in [1.54, 1.807) is 45.0 Å². The highest BCUT2D eigenvalue weighted by atomic mass is 16.6. The first kappa shape index (κ1) is 30.1. The Morgan fingerprint density at radius 3 is 2.20 bits per heavy atom. The third-order valence-corrected chi connectivity index (χ3v) is 5.51. The first-order valence-electron chi connectivity index (χ1n) is 12.2. The molecule has 2 unspecified atom stereocenters. The number of alkyl carbamates (subject to hydrolysis) is 1. The minimum atomic E-state index is -0.961. The molecule has 0 aromatic heterocycles. The maximum absolute atomic E-state index is 12.8. The molecule has 35 heavy (non-hydrogen) atoms. The van der Waals surface area contributed by atoms with Gasteiger partial charge in [-0.15, -0.1) is 0 Å². The topological polar surface area (TPSA) is 134 Å². The summed E-state index contributed by atoms with van der Waals surface area (Å²) in [5, 5.41) is 17.9. The minimum absolute atomic E-state index is 0.0733. The average Bonchev–Trinajstić information content (AvgIpc) is 2.79. The van der Waals surface area contributed by atoms with E-state index in [0.29, 0.717) is 37.8 Å². The highest BCUT2D eigenvalue weighted by Gasteiger charge is 2.26. The van der Waals surface area contributed by atoms with E-state index in [1.165, 1.54) is 6.92 Å². The molecule has 1 aromatic carbocycles. The molecule has 4 N–H and O–H groups in total. The Kier molecular flexibility index (Phi) is 12.4. The number of unbranched alkanes of at least 4 members (excludes halogenated alkanes) is 1. The second kappa shape index (κ2) is 14.5. The van der Waals surface area contributed by atoms with Crippen LogP contribution in [0.3, 0.4) is 0 Å². The number of carbonyl (C=O) groups excluding carboxylic acids is 4. The molecule has 0 aliphatic carbocycles. The molecule has 0 aliphatic rings. The monoisotopic (exact) mass is 491 g/mol. The van der Waals surface area contributed by atoms with Gasteiger partial charge in [0.25, 0.3) is 5.91 Å². The molecular formula is C26H41N3O6. The molecule has 0 saturated carbocycles. The first-order chi connectivity index (χ1) is 16.3. The molecule has 0 radical (unpaired) electrons. The van der Waals surface area contributed by atoms with Gasteiger partial charge < -0.3 is 25.8 Å². The number of hydrogen-bond acceptors (Lipinski definition) is 6. The summed E-state index contributed by atoms with van der Waals surface area (Å²) >= 11 is 0. The summed E-state index contributed by atoms with van der Waals surface area (Å²) in [4.78, 5) is 48.4. The Labute approximate surface area is 208 Å². The number of ketones is 1. The third-order valence-electron chi connectivity index (χ3n) is 5.51. The Hall–Kier alpha value is -2.94. The summed E-state index contributed by atoms with van der Waals surface area (Å²) in [6, 6.07) is 6.07. The third kappa shape index (κ3) is 11.8. The van der Waals surface area contributed by atoms with Gasteiger partial charge in [-0.25, -0.2) is 4.79 Å². The van der Waals surface area contributed by atoms with Crippen LogP contribution in [-0.4, -0.2) is 53.1 Å². The van der Waals surface area contributed by atoms with Crippen molar-refractivity contribution in [3.8, 4) is 0 Å². The van der Waals surface area contributed by atoms with Crippen LogP contribution >= 0.6 is 0 Å². The van der Waals surface area contributed by atoms with Gasteiger partial charge in [-0.2, -0.15) is 0 Å². The highest BCUT2D eigenvalue weighted by Crippen LogP contribution is 2.12. The van der Waals surface area contributed by atoms with Gasteiger partial charge in [0.1, 0.15) is 17.7 Å². The van der Waals surface area contributed by atoms with Crippen LogP contribution in [0.1, 0.15) is 83.1 Å². The number of carbonyl (C=O) groups is 4. The average molecular weight is 492 g/mol. The zero-order valence-electron chi connectivity index (χ0n) is 21.8. The van der Waals surface area contributed by atoms with Gasteiger partial charge in [0.15, 0.2) is 5.78 Å². The number of aliphatic hydroxyl groups excluding tert-OH is 1. The molecule has 0 aliphatic heterocycles. The van der Waals surface area contributed by atoms with Crippen LogP contribution < -0.4 is 16.0 Å². The molecule has 9 nitrogen and oxygen atoms in total. The van der Waals surface area contributed by atoms with Gasteiger partial charge in [-0.05, 0) is 70.6 Å². The number of amides is 3. The van der Waals surface area contributed by atoms with E-state index in [-0.39, 0.29) is 30.1 Å². The molecule has 0 heterocycles. The van der Waals surface area contributed by atoms with Crippen molar-refractivity contribution in [2.45, 2.75) is 91.5 Å². The van der Waals surface area contributed by atoms with E-state index in [9.17, 15) is 24.3 Å². The van der Waals surface area contributed by atoms with Crippen molar-refractivity contribution in [3.05, 3.63) is 35.4 Å². The zero-order chi connectivity index (χ0) is 26.6. The fourth-order valence-electron chi connectivity index (χ4n) is 3.18. The van der Waals surface area contributed by atoms with Crippen LogP contribution in [0.25, 0.3) is 0 Å². The minimum Gasteiger partial charge on any atom is -0.444 e. The predicted octanol–water partition coefficient (Wildman–Crippen LogP) is 3.09. The Balaban J connectivity index is 2.61. The van der Waals surface area contributed by atoms with Gasteiger partial charge in [0.05, 0.1) is 0 Å². The molecule has 9 heteroatoms. The summed E-state index contributed by atoms with van der Waals surface area (Å²) in [5.74, 6) is -0.962. The lowest BCUT2D eigenvalue weighted by Crippen LogP contribution is -2.50. The van der Waals surface area contributed by atoms with Gasteiger partial charge in [0, 0.05) is 18.7 Å². The molecule has 0 spiro atoms. The van der Waals surface area contributed by atoms with E-state index >= 15 is 0 Å². The highest BCUT2D eigenvalue weighted by molar-refractivity contribution is 5.97. The lowest BCUT2D eigenvalue weighted by atomic mass is 9.97. The summed E-state index contributed by atoms with van der Waals surface area (Å²) < 4.78 is 5.21. The number of nitrogens with one attached hydrogen (secondary N) is 3. The number of ether oxygens (including phenoxy) is 1. The quantitative estimate of drug-likeness (QED) is 0.313. The lowest BCUT2D eigenvalue weighted by molar-refractivity contribution is -0.125. The van der Waals surface area contributed by atoms with Crippen LogP contribution in [0, 0.1) is 5.92 Å². The van der Waals surface area contributed by atoms with Crippen molar-refractivity contribution in [1.82, 2.24) is 16.0 Å². The van der Waals surface area contributed by atoms with Crippen molar-refractivity contribution in [3.63, 3.8) is 0 Å². The zero-order valence-corrected chi connectivity index (χ0v) is 21.8. The van der Waals surface area contributed by atoms with Crippen molar-refractivity contribution in [2.75, 3.05) is 6.54 Å². The van der Waals surface area contributed by atoms with Crippen molar-refractivity contribution < 1.29 is 29.0 Å². The lowest BCUT2D eigenvalue weighted by Gasteiger charge is -2.23. The maximum atomic E-state index is 12.8. The van der Waals surface area contributed by atoms with E-state index in [4.69, 9.17) is 4.74 Å². The fraction of sp³-hybridized carbons (Fsp3) is 0.615. The standard InChI is InChI=1S/C26H41N3O6/c1-7-17(2)22(24(33)27-15-9-8-10-21(31)18(3)30)29-23(32)20-13-11-19(12-14-20)16-28-25(34)35-26(4,5)6/h11-14,17,21-22,31H,7-10,15-16H2,1-6H3,(H,27,33)(H,28,34)(H,29,32)/t17?,21?,22-/m0/s1. The Morgan fingerprint density at radius 1 is 1.03 bits per heavy atom. The van der Waals surface area contributed by atoms with E-state index in [0.717, 1.165) is 5.56 Å². The van der Waals surface area contributed by atoms with Crippen molar-refractivity contribution in [2.24, 2.45) is 5.92 Å². The second-order valence-electron chi connectivity index (χ2n) is 9.80. The number of benzene rings is 1. The van der Waals surface area contributed by atoms with Crippen LogP contribution in [0.4, 0.5) is 4.79 Å². The van der Waals surface area contributed by atoms with Gasteiger partial charge in [0.2, 0.25) is 5.91 Å².